The number of H-pyrrole nitrogens is 1. The zero-order valence-electron chi connectivity index (χ0n) is 16.2. The summed E-state index contributed by atoms with van der Waals surface area (Å²) in [7, 11) is 1.59. The lowest BCUT2D eigenvalue weighted by Gasteiger charge is -2.29. The lowest BCUT2D eigenvalue weighted by atomic mass is 9.83. The van der Waals surface area contributed by atoms with Crippen molar-refractivity contribution in [3.8, 4) is 5.75 Å². The first-order valence-electron chi connectivity index (χ1n) is 9.46. The number of nitrogens with one attached hydrogen (secondary N) is 1. The summed E-state index contributed by atoms with van der Waals surface area (Å²) in [6.07, 6.45) is 0. The molecule has 8 heteroatoms. The Bertz CT molecular complexity index is 1200. The van der Waals surface area contributed by atoms with E-state index in [4.69, 9.17) is 4.74 Å². The van der Waals surface area contributed by atoms with Gasteiger partial charge in [0.2, 0.25) is 11.8 Å². The van der Waals surface area contributed by atoms with Crippen molar-refractivity contribution in [3.63, 3.8) is 0 Å². The third kappa shape index (κ3) is 2.90. The maximum atomic E-state index is 13.5. The molecule has 30 heavy (non-hydrogen) atoms. The molecule has 0 unspecified atom stereocenters. The van der Waals surface area contributed by atoms with E-state index in [-0.39, 0.29) is 22.6 Å². The second kappa shape index (κ2) is 7.14. The number of aromatic nitrogens is 1. The van der Waals surface area contributed by atoms with Gasteiger partial charge in [0.25, 0.3) is 0 Å². The number of methoxy groups -OCH3 is 1. The van der Waals surface area contributed by atoms with Gasteiger partial charge in [0.1, 0.15) is 11.0 Å². The molecule has 2 aliphatic rings. The molecule has 3 aromatic rings. The van der Waals surface area contributed by atoms with Gasteiger partial charge in [-0.2, -0.15) is 0 Å². The molecule has 0 radical (unpaired) electrons. The van der Waals surface area contributed by atoms with Crippen LogP contribution in [-0.2, 0) is 9.59 Å². The number of aromatic amines is 1. The first kappa shape index (κ1) is 19.1. The van der Waals surface area contributed by atoms with Crippen molar-refractivity contribution in [3.05, 3.63) is 74.2 Å². The molecule has 3 atom stereocenters. The second-order valence-electron chi connectivity index (χ2n) is 7.37. The smallest absolute Gasteiger partial charge is 0.305 e. The fraction of sp³-hybridized carbons (Fsp3) is 0.227. The van der Waals surface area contributed by atoms with Gasteiger partial charge in [-0.15, -0.1) is 0 Å². The van der Waals surface area contributed by atoms with E-state index in [1.54, 1.807) is 19.2 Å². The Morgan fingerprint density at radius 3 is 2.33 bits per heavy atom. The van der Waals surface area contributed by atoms with Gasteiger partial charge in [0, 0.05) is 10.8 Å². The van der Waals surface area contributed by atoms with Gasteiger partial charge in [-0.05, 0) is 36.8 Å². The van der Waals surface area contributed by atoms with Crippen molar-refractivity contribution in [2.24, 2.45) is 5.92 Å². The summed E-state index contributed by atoms with van der Waals surface area (Å²) in [5.74, 6) is -0.703. The van der Waals surface area contributed by atoms with Crippen LogP contribution in [0.5, 0.6) is 5.75 Å². The number of anilines is 1. The van der Waals surface area contributed by atoms with Crippen LogP contribution in [0, 0.1) is 12.8 Å². The van der Waals surface area contributed by atoms with Gasteiger partial charge in [0.05, 0.1) is 23.7 Å². The van der Waals surface area contributed by atoms with Gasteiger partial charge in [-0.3, -0.25) is 14.4 Å². The molecular formula is C22H18N2O4S2. The summed E-state index contributed by atoms with van der Waals surface area (Å²) in [5.41, 5.74) is 2.52. The van der Waals surface area contributed by atoms with Crippen molar-refractivity contribution in [2.45, 2.75) is 23.1 Å². The van der Waals surface area contributed by atoms with Crippen LogP contribution in [0.2, 0.25) is 0 Å². The lowest BCUT2D eigenvalue weighted by molar-refractivity contribution is -0.122. The number of nitrogens with zero attached hydrogens (tertiary/aromatic N) is 1. The normalized spacial score (nSPS) is 22.7. The molecule has 1 N–H and O–H groups in total. The average molecular weight is 439 g/mol. The summed E-state index contributed by atoms with van der Waals surface area (Å²) in [6, 6.07) is 14.8. The molecular weight excluding hydrogens is 420 g/mol. The number of carbonyl (C=O) groups is 2. The van der Waals surface area contributed by atoms with E-state index in [9.17, 15) is 14.4 Å². The van der Waals surface area contributed by atoms with E-state index >= 15 is 0 Å². The standard InChI is InChI=1S/C22H18N2O4S2/c1-11-3-7-13(8-4-11)24-20(25)16-15(12-5-9-14(28-2)10-6-12)17-19(23-22(27)30-17)29-18(16)21(24)26/h3-10,15-16,18H,1-2H3,(H,23,27)/t15-,16-,18+/m1/s1. The van der Waals surface area contributed by atoms with Crippen LogP contribution in [0.3, 0.4) is 0 Å². The SMILES string of the molecule is COc1ccc([C@H]2c3sc(=O)[nH]c3S[C@@H]3C(=O)N(c4ccc(C)cc4)C(=O)[C@H]23)cc1. The Morgan fingerprint density at radius 2 is 1.67 bits per heavy atom. The number of carbonyl (C=O) groups excluding carboxylic acids is 2. The summed E-state index contributed by atoms with van der Waals surface area (Å²) < 4.78 is 5.25. The molecule has 1 fully saturated rings. The summed E-state index contributed by atoms with van der Waals surface area (Å²) >= 11 is 2.40. The third-order valence-electron chi connectivity index (χ3n) is 5.59. The number of hydrogen-bond donors (Lipinski definition) is 1. The van der Waals surface area contributed by atoms with Crippen molar-refractivity contribution in [1.82, 2.24) is 4.98 Å². The van der Waals surface area contributed by atoms with Crippen LogP contribution in [0.15, 0.2) is 58.4 Å². The quantitative estimate of drug-likeness (QED) is 0.633. The van der Waals surface area contributed by atoms with E-state index in [2.05, 4.69) is 4.98 Å². The molecule has 2 aliphatic heterocycles. The summed E-state index contributed by atoms with van der Waals surface area (Å²) in [4.78, 5) is 43.7. The molecule has 1 saturated heterocycles. The Labute approximate surface area is 180 Å². The lowest BCUT2D eigenvalue weighted by Crippen LogP contribution is -2.32. The molecule has 2 amide bonds. The van der Waals surface area contributed by atoms with Gasteiger partial charge in [-0.1, -0.05) is 52.9 Å². The molecule has 1 aromatic heterocycles. The number of ether oxygens (including phenoxy) is 1. The topological polar surface area (TPSA) is 79.5 Å². The fourth-order valence-corrected chi connectivity index (χ4v) is 6.65. The minimum atomic E-state index is -0.580. The Kier molecular flexibility index (Phi) is 4.56. The first-order chi connectivity index (χ1) is 14.5. The number of thiazole rings is 1. The zero-order valence-corrected chi connectivity index (χ0v) is 17.9. The maximum absolute atomic E-state index is 13.5. The molecule has 0 bridgehead atoms. The second-order valence-corrected chi connectivity index (χ2v) is 9.54. The highest BCUT2D eigenvalue weighted by molar-refractivity contribution is 8.00. The Balaban J connectivity index is 1.63. The number of hydrogen-bond acceptors (Lipinski definition) is 6. The third-order valence-corrected chi connectivity index (χ3v) is 7.99. The molecule has 5 rings (SSSR count). The average Bonchev–Trinajstić information content (AvgIpc) is 3.24. The van der Waals surface area contributed by atoms with Crippen LogP contribution in [0.1, 0.15) is 21.9 Å². The minimum absolute atomic E-state index is 0.179. The molecule has 0 spiro atoms. The highest BCUT2D eigenvalue weighted by Gasteiger charge is 2.56. The van der Waals surface area contributed by atoms with E-state index in [0.717, 1.165) is 27.3 Å². The van der Waals surface area contributed by atoms with Gasteiger partial charge >= 0.3 is 4.87 Å². The number of aryl methyl sites for hydroxylation is 1. The molecule has 0 saturated carbocycles. The summed E-state index contributed by atoms with van der Waals surface area (Å²) in [5, 5.41) is 0.0997. The number of amides is 2. The molecule has 6 nitrogen and oxygen atoms in total. The van der Waals surface area contributed by atoms with Crippen LogP contribution in [-0.4, -0.2) is 29.2 Å². The number of thioether (sulfide) groups is 1. The maximum Gasteiger partial charge on any atom is 0.305 e. The number of benzene rings is 2. The molecule has 2 aromatic carbocycles. The highest BCUT2D eigenvalue weighted by Crippen LogP contribution is 2.53. The van der Waals surface area contributed by atoms with Gasteiger partial charge in [-0.25, -0.2) is 4.90 Å². The monoisotopic (exact) mass is 438 g/mol. The number of fused-ring (bicyclic) bond motifs is 2. The number of imide groups is 1. The predicted molar refractivity (Wildman–Crippen MR) is 117 cm³/mol. The molecule has 3 heterocycles. The van der Waals surface area contributed by atoms with E-state index in [0.29, 0.717) is 16.5 Å². The van der Waals surface area contributed by atoms with Crippen molar-refractivity contribution in [2.75, 3.05) is 12.0 Å². The van der Waals surface area contributed by atoms with Crippen LogP contribution in [0.25, 0.3) is 0 Å². The van der Waals surface area contributed by atoms with E-state index in [1.165, 1.54) is 16.7 Å². The molecule has 0 aliphatic carbocycles. The van der Waals surface area contributed by atoms with Crippen molar-refractivity contribution < 1.29 is 14.3 Å². The predicted octanol–water partition coefficient (Wildman–Crippen LogP) is 3.55. The van der Waals surface area contributed by atoms with E-state index in [1.807, 2.05) is 43.3 Å². The van der Waals surface area contributed by atoms with Gasteiger partial charge < -0.3 is 9.72 Å². The van der Waals surface area contributed by atoms with Crippen molar-refractivity contribution in [1.29, 1.82) is 0 Å². The molecule has 152 valence electrons. The van der Waals surface area contributed by atoms with Gasteiger partial charge in [0.15, 0.2) is 0 Å². The van der Waals surface area contributed by atoms with Crippen molar-refractivity contribution >= 4 is 40.6 Å². The largest absolute Gasteiger partial charge is 0.497 e. The fourth-order valence-electron chi connectivity index (χ4n) is 4.14. The zero-order chi connectivity index (χ0) is 21.0. The Hall–Kier alpha value is -2.84. The van der Waals surface area contributed by atoms with E-state index < -0.39 is 11.2 Å². The van der Waals surface area contributed by atoms with Crippen LogP contribution in [0.4, 0.5) is 5.69 Å². The first-order valence-corrected chi connectivity index (χ1v) is 11.2. The minimum Gasteiger partial charge on any atom is -0.497 e. The Morgan fingerprint density at radius 1 is 0.967 bits per heavy atom. The summed E-state index contributed by atoms with van der Waals surface area (Å²) in [6.45, 7) is 1.96. The highest BCUT2D eigenvalue weighted by atomic mass is 32.2. The van der Waals surface area contributed by atoms with Crippen LogP contribution < -0.4 is 14.5 Å². The number of rotatable bonds is 3. The van der Waals surface area contributed by atoms with Crippen LogP contribution >= 0.6 is 23.1 Å².